The number of carbonyl (C=O) groups is 1. The molecule has 1 atom stereocenters. The second-order valence-electron chi connectivity index (χ2n) is 4.00. The number of carboxylic acid groups (broad SMARTS) is 1. The summed E-state index contributed by atoms with van der Waals surface area (Å²) in [5, 5.41) is 8.90. The van der Waals surface area contributed by atoms with E-state index in [1.807, 2.05) is 0 Å². The number of methoxy groups -OCH3 is 1. The molecule has 0 saturated carbocycles. The molecule has 0 aliphatic carbocycles. The van der Waals surface area contributed by atoms with Crippen LogP contribution in [-0.4, -0.2) is 24.8 Å². The molecular weight excluding hydrogens is 220 g/mol. The van der Waals surface area contributed by atoms with Crippen molar-refractivity contribution < 1.29 is 19.4 Å². The third-order valence-corrected chi connectivity index (χ3v) is 2.63. The van der Waals surface area contributed by atoms with Crippen LogP contribution in [0, 0.1) is 5.92 Å². The largest absolute Gasteiger partial charge is 0.493 e. The van der Waals surface area contributed by atoms with Gasteiger partial charge in [0.05, 0.1) is 19.3 Å². The van der Waals surface area contributed by atoms with Crippen LogP contribution in [0.2, 0.25) is 0 Å². The van der Waals surface area contributed by atoms with Gasteiger partial charge in [0.25, 0.3) is 0 Å². The van der Waals surface area contributed by atoms with E-state index in [4.69, 9.17) is 14.6 Å². The van der Waals surface area contributed by atoms with Gasteiger partial charge in [0.1, 0.15) is 0 Å². The van der Waals surface area contributed by atoms with Gasteiger partial charge in [-0.15, -0.1) is 0 Å². The highest BCUT2D eigenvalue weighted by Gasteiger charge is 2.11. The Bertz CT molecular complexity index is 387. The van der Waals surface area contributed by atoms with Crippen molar-refractivity contribution in [3.63, 3.8) is 0 Å². The minimum absolute atomic E-state index is 0.199. The molecule has 0 amide bonds. The van der Waals surface area contributed by atoms with Gasteiger partial charge in [-0.3, -0.25) is 0 Å². The van der Waals surface area contributed by atoms with E-state index in [0.717, 1.165) is 6.42 Å². The molecular formula is C13H18O4. The molecule has 94 valence electrons. The Morgan fingerprint density at radius 1 is 1.41 bits per heavy atom. The molecule has 0 fully saturated rings. The standard InChI is InChI=1S/C13H18O4/c1-4-9(2)8-17-12-7-10(13(14)15)5-6-11(12)16-3/h5-7,9H,4,8H2,1-3H3,(H,14,15). The van der Waals surface area contributed by atoms with Gasteiger partial charge in [0.2, 0.25) is 0 Å². The minimum atomic E-state index is -0.971. The molecule has 0 bridgehead atoms. The fraction of sp³-hybridized carbons (Fsp3) is 0.462. The van der Waals surface area contributed by atoms with Crippen LogP contribution in [0.1, 0.15) is 30.6 Å². The number of ether oxygens (including phenoxy) is 2. The van der Waals surface area contributed by atoms with Crippen molar-refractivity contribution in [3.8, 4) is 11.5 Å². The quantitative estimate of drug-likeness (QED) is 0.828. The molecule has 4 nitrogen and oxygen atoms in total. The van der Waals surface area contributed by atoms with Crippen molar-refractivity contribution in [2.75, 3.05) is 13.7 Å². The fourth-order valence-corrected chi connectivity index (χ4v) is 1.27. The molecule has 1 N–H and O–H groups in total. The van der Waals surface area contributed by atoms with Crippen molar-refractivity contribution >= 4 is 5.97 Å². The number of aromatic carboxylic acids is 1. The lowest BCUT2D eigenvalue weighted by atomic mass is 10.1. The molecule has 0 heterocycles. The summed E-state index contributed by atoms with van der Waals surface area (Å²) in [6.07, 6.45) is 1.01. The van der Waals surface area contributed by atoms with Crippen LogP contribution in [0.15, 0.2) is 18.2 Å². The summed E-state index contributed by atoms with van der Waals surface area (Å²) in [5.41, 5.74) is 0.199. The summed E-state index contributed by atoms with van der Waals surface area (Å²) >= 11 is 0. The Balaban J connectivity index is 2.86. The molecule has 0 saturated heterocycles. The number of hydrogen-bond acceptors (Lipinski definition) is 3. The summed E-state index contributed by atoms with van der Waals surface area (Å²) in [6.45, 7) is 4.71. The van der Waals surface area contributed by atoms with E-state index in [-0.39, 0.29) is 5.56 Å². The highest BCUT2D eigenvalue weighted by Crippen LogP contribution is 2.28. The van der Waals surface area contributed by atoms with Gasteiger partial charge in [-0.05, 0) is 24.1 Å². The van der Waals surface area contributed by atoms with Crippen molar-refractivity contribution in [2.24, 2.45) is 5.92 Å². The van der Waals surface area contributed by atoms with E-state index in [1.165, 1.54) is 19.2 Å². The maximum absolute atomic E-state index is 10.9. The maximum atomic E-state index is 10.9. The monoisotopic (exact) mass is 238 g/mol. The first-order chi connectivity index (χ1) is 8.08. The van der Waals surface area contributed by atoms with Crippen molar-refractivity contribution in [1.82, 2.24) is 0 Å². The first-order valence-corrected chi connectivity index (χ1v) is 5.62. The topological polar surface area (TPSA) is 55.8 Å². The van der Waals surface area contributed by atoms with Crippen LogP contribution < -0.4 is 9.47 Å². The lowest BCUT2D eigenvalue weighted by Crippen LogP contribution is -2.08. The Hall–Kier alpha value is -1.71. The number of benzene rings is 1. The number of rotatable bonds is 6. The predicted molar refractivity (Wildman–Crippen MR) is 64.9 cm³/mol. The van der Waals surface area contributed by atoms with Crippen molar-refractivity contribution in [1.29, 1.82) is 0 Å². The second-order valence-corrected chi connectivity index (χ2v) is 4.00. The Kier molecular flexibility index (Phi) is 4.82. The molecule has 1 unspecified atom stereocenters. The molecule has 1 aromatic carbocycles. The van der Waals surface area contributed by atoms with Crippen LogP contribution >= 0.6 is 0 Å². The van der Waals surface area contributed by atoms with E-state index in [9.17, 15) is 4.79 Å². The van der Waals surface area contributed by atoms with Gasteiger partial charge in [-0.2, -0.15) is 0 Å². The van der Waals surface area contributed by atoms with Crippen LogP contribution in [0.25, 0.3) is 0 Å². The molecule has 0 aliphatic heterocycles. The lowest BCUT2D eigenvalue weighted by molar-refractivity contribution is 0.0696. The first kappa shape index (κ1) is 13.4. The zero-order valence-electron chi connectivity index (χ0n) is 10.4. The summed E-state index contributed by atoms with van der Waals surface area (Å²) in [4.78, 5) is 10.9. The van der Waals surface area contributed by atoms with E-state index in [0.29, 0.717) is 24.0 Å². The van der Waals surface area contributed by atoms with E-state index in [2.05, 4.69) is 13.8 Å². The van der Waals surface area contributed by atoms with E-state index >= 15 is 0 Å². The maximum Gasteiger partial charge on any atom is 0.335 e. The predicted octanol–water partition coefficient (Wildman–Crippen LogP) is 2.82. The fourth-order valence-electron chi connectivity index (χ4n) is 1.27. The molecule has 0 radical (unpaired) electrons. The van der Waals surface area contributed by atoms with Crippen molar-refractivity contribution in [3.05, 3.63) is 23.8 Å². The molecule has 17 heavy (non-hydrogen) atoms. The van der Waals surface area contributed by atoms with Gasteiger partial charge in [0, 0.05) is 0 Å². The minimum Gasteiger partial charge on any atom is -0.493 e. The van der Waals surface area contributed by atoms with E-state index in [1.54, 1.807) is 6.07 Å². The SMILES string of the molecule is CCC(C)COc1cc(C(=O)O)ccc1OC. The number of hydrogen-bond donors (Lipinski definition) is 1. The summed E-state index contributed by atoms with van der Waals surface area (Å²) in [7, 11) is 1.53. The first-order valence-electron chi connectivity index (χ1n) is 5.62. The summed E-state index contributed by atoms with van der Waals surface area (Å²) < 4.78 is 10.7. The molecule has 0 aliphatic rings. The van der Waals surface area contributed by atoms with Gasteiger partial charge in [-0.1, -0.05) is 20.3 Å². The molecule has 4 heteroatoms. The Morgan fingerprint density at radius 2 is 2.12 bits per heavy atom. The zero-order valence-corrected chi connectivity index (χ0v) is 10.4. The summed E-state index contributed by atoms with van der Waals surface area (Å²) in [6, 6.07) is 4.59. The number of carboxylic acids is 1. The average molecular weight is 238 g/mol. The van der Waals surface area contributed by atoms with Crippen LogP contribution in [0.3, 0.4) is 0 Å². The highest BCUT2D eigenvalue weighted by atomic mass is 16.5. The van der Waals surface area contributed by atoms with Gasteiger partial charge >= 0.3 is 5.97 Å². The third-order valence-electron chi connectivity index (χ3n) is 2.63. The van der Waals surface area contributed by atoms with Crippen molar-refractivity contribution in [2.45, 2.75) is 20.3 Å². The van der Waals surface area contributed by atoms with Gasteiger partial charge in [0.15, 0.2) is 11.5 Å². The zero-order chi connectivity index (χ0) is 12.8. The molecule has 0 aromatic heterocycles. The van der Waals surface area contributed by atoms with Crippen LogP contribution in [-0.2, 0) is 0 Å². The molecule has 1 aromatic rings. The highest BCUT2D eigenvalue weighted by molar-refractivity contribution is 5.88. The lowest BCUT2D eigenvalue weighted by Gasteiger charge is -2.14. The molecule has 1 rings (SSSR count). The average Bonchev–Trinajstić information content (AvgIpc) is 2.35. The van der Waals surface area contributed by atoms with Crippen LogP contribution in [0.4, 0.5) is 0 Å². The molecule has 0 spiro atoms. The Morgan fingerprint density at radius 3 is 2.65 bits per heavy atom. The summed E-state index contributed by atoms with van der Waals surface area (Å²) in [5.74, 6) is 0.486. The smallest absolute Gasteiger partial charge is 0.335 e. The normalized spacial score (nSPS) is 11.9. The van der Waals surface area contributed by atoms with Crippen LogP contribution in [0.5, 0.6) is 11.5 Å². The van der Waals surface area contributed by atoms with Gasteiger partial charge in [-0.25, -0.2) is 4.79 Å². The third kappa shape index (κ3) is 3.66. The second kappa shape index (κ2) is 6.13. The Labute approximate surface area is 101 Å². The van der Waals surface area contributed by atoms with Gasteiger partial charge < -0.3 is 14.6 Å². The van der Waals surface area contributed by atoms with E-state index < -0.39 is 5.97 Å².